The van der Waals surface area contributed by atoms with Gasteiger partial charge in [-0.05, 0) is 55.2 Å². The van der Waals surface area contributed by atoms with Crippen molar-refractivity contribution in [1.82, 2.24) is 4.90 Å². The number of fused-ring (bicyclic) bond motifs is 1. The van der Waals surface area contributed by atoms with E-state index in [1.807, 2.05) is 0 Å². The van der Waals surface area contributed by atoms with Gasteiger partial charge in [-0.3, -0.25) is 4.79 Å². The smallest absolute Gasteiger partial charge is 0.179 e. The van der Waals surface area contributed by atoms with Gasteiger partial charge in [-0.15, -0.1) is 0 Å². The number of Topliss-reactive ketones (excluding diaryl/α,β-unsaturated/α-hetero) is 1. The second kappa shape index (κ2) is 5.36. The number of piperidine rings is 1. The number of hydrogen-bond acceptors (Lipinski definition) is 4. The zero-order valence-corrected chi connectivity index (χ0v) is 14.6. The van der Waals surface area contributed by atoms with Crippen molar-refractivity contribution in [1.29, 1.82) is 5.26 Å². The maximum absolute atomic E-state index is 12.5. The monoisotopic (exact) mass is 333 g/mol. The van der Waals surface area contributed by atoms with Crippen molar-refractivity contribution in [2.24, 2.45) is 5.41 Å². The van der Waals surface area contributed by atoms with Gasteiger partial charge in [0.05, 0.1) is 5.70 Å². The molecule has 1 saturated carbocycles. The molecular weight excluding hydrogens is 310 g/mol. The predicted molar refractivity (Wildman–Crippen MR) is 97.0 cm³/mol. The van der Waals surface area contributed by atoms with Gasteiger partial charge in [-0.2, -0.15) is 5.26 Å². The first kappa shape index (κ1) is 15.0. The molecule has 1 spiro atoms. The van der Waals surface area contributed by atoms with Crippen LogP contribution in [-0.2, 0) is 11.2 Å². The molecule has 2 aliphatic carbocycles. The number of nitriles is 1. The summed E-state index contributed by atoms with van der Waals surface area (Å²) in [6.07, 6.45) is 6.73. The number of benzene rings is 1. The molecule has 5 rings (SSSR count). The van der Waals surface area contributed by atoms with Gasteiger partial charge in [-0.25, -0.2) is 0 Å². The third kappa shape index (κ3) is 2.37. The second-order valence-electron chi connectivity index (χ2n) is 8.10. The van der Waals surface area contributed by atoms with E-state index >= 15 is 0 Å². The molecule has 0 unspecified atom stereocenters. The van der Waals surface area contributed by atoms with Crippen molar-refractivity contribution in [3.63, 3.8) is 0 Å². The van der Waals surface area contributed by atoms with Crippen LogP contribution in [0.2, 0.25) is 0 Å². The van der Waals surface area contributed by atoms with Crippen molar-refractivity contribution in [3.8, 4) is 6.07 Å². The van der Waals surface area contributed by atoms with Crippen LogP contribution >= 0.6 is 0 Å². The predicted octanol–water partition coefficient (Wildman–Crippen LogP) is 3.13. The highest BCUT2D eigenvalue weighted by Crippen LogP contribution is 2.54. The molecular formula is C21H23N3O. The summed E-state index contributed by atoms with van der Waals surface area (Å²) in [7, 11) is 0. The van der Waals surface area contributed by atoms with E-state index in [9.17, 15) is 10.1 Å². The third-order valence-corrected chi connectivity index (χ3v) is 6.65. The summed E-state index contributed by atoms with van der Waals surface area (Å²) >= 11 is 0. The normalized spacial score (nSPS) is 24.0. The molecule has 2 aliphatic heterocycles. The van der Waals surface area contributed by atoms with Gasteiger partial charge in [0.25, 0.3) is 0 Å². The summed E-state index contributed by atoms with van der Waals surface area (Å²) in [5.74, 6) is -0.0200. The lowest BCUT2D eigenvalue weighted by Gasteiger charge is -2.39. The highest BCUT2D eigenvalue weighted by Gasteiger charge is 2.45. The van der Waals surface area contributed by atoms with Crippen LogP contribution in [0.25, 0.3) is 5.70 Å². The standard InChI is InChI=1S/C21H23N3O/c22-14-18-19(25)12-15-2-3-16(23-8-1-9-23)13-17(15)20(18)24-10-6-21(4-5-21)7-11-24/h2-3,13H,1,4-12H2. The lowest BCUT2D eigenvalue weighted by atomic mass is 9.85. The van der Waals surface area contributed by atoms with Crippen molar-refractivity contribution in [2.45, 2.75) is 38.5 Å². The van der Waals surface area contributed by atoms with Crippen LogP contribution in [0.4, 0.5) is 5.69 Å². The fourth-order valence-electron chi connectivity index (χ4n) is 4.56. The molecule has 0 amide bonds. The van der Waals surface area contributed by atoms with Gasteiger partial charge < -0.3 is 9.80 Å². The Hall–Kier alpha value is -2.28. The van der Waals surface area contributed by atoms with Crippen molar-refractivity contribution in [2.75, 3.05) is 31.1 Å². The molecule has 2 heterocycles. The molecule has 3 fully saturated rings. The van der Waals surface area contributed by atoms with Crippen LogP contribution < -0.4 is 4.90 Å². The van der Waals surface area contributed by atoms with Gasteiger partial charge >= 0.3 is 0 Å². The molecule has 0 bridgehead atoms. The maximum Gasteiger partial charge on any atom is 0.179 e. The highest BCUT2D eigenvalue weighted by atomic mass is 16.1. The first-order valence-corrected chi connectivity index (χ1v) is 9.50. The molecule has 25 heavy (non-hydrogen) atoms. The topological polar surface area (TPSA) is 47.3 Å². The van der Waals surface area contributed by atoms with E-state index in [0.717, 1.165) is 43.0 Å². The first-order valence-electron chi connectivity index (χ1n) is 9.50. The molecule has 4 aliphatic rings. The number of nitrogens with zero attached hydrogens (tertiary/aromatic N) is 3. The minimum atomic E-state index is -0.0200. The van der Waals surface area contributed by atoms with Crippen LogP contribution in [0.1, 0.15) is 43.2 Å². The number of carbonyl (C=O) groups is 1. The Labute approximate surface area is 148 Å². The van der Waals surface area contributed by atoms with E-state index in [2.05, 4.69) is 34.1 Å². The number of hydrogen-bond donors (Lipinski definition) is 0. The number of carbonyl (C=O) groups excluding carboxylic acids is 1. The Balaban J connectivity index is 1.56. The van der Waals surface area contributed by atoms with E-state index in [-0.39, 0.29) is 5.78 Å². The van der Waals surface area contributed by atoms with Gasteiger partial charge in [0.1, 0.15) is 11.6 Å². The molecule has 128 valence electrons. The van der Waals surface area contributed by atoms with E-state index < -0.39 is 0 Å². The van der Waals surface area contributed by atoms with Gasteiger partial charge in [0.2, 0.25) is 0 Å². The molecule has 0 aromatic heterocycles. The second-order valence-corrected chi connectivity index (χ2v) is 8.10. The zero-order chi connectivity index (χ0) is 17.0. The number of rotatable bonds is 2. The third-order valence-electron chi connectivity index (χ3n) is 6.65. The van der Waals surface area contributed by atoms with Crippen molar-refractivity contribution in [3.05, 3.63) is 34.9 Å². The average molecular weight is 333 g/mol. The Morgan fingerprint density at radius 3 is 2.36 bits per heavy atom. The van der Waals surface area contributed by atoms with Gasteiger partial charge in [-0.1, -0.05) is 6.07 Å². The molecule has 0 atom stereocenters. The molecule has 4 heteroatoms. The summed E-state index contributed by atoms with van der Waals surface area (Å²) in [5.41, 5.74) is 5.30. The summed E-state index contributed by atoms with van der Waals surface area (Å²) in [6.45, 7) is 4.16. The van der Waals surface area contributed by atoms with Gasteiger partial charge in [0, 0.05) is 43.9 Å². The Bertz CT molecular complexity index is 814. The fraction of sp³-hybridized carbons (Fsp3) is 0.524. The highest BCUT2D eigenvalue weighted by molar-refractivity contribution is 6.10. The lowest BCUT2D eigenvalue weighted by molar-refractivity contribution is -0.114. The quantitative estimate of drug-likeness (QED) is 0.834. The number of ketones is 1. The summed E-state index contributed by atoms with van der Waals surface area (Å²) in [6, 6.07) is 8.68. The summed E-state index contributed by atoms with van der Waals surface area (Å²) in [4.78, 5) is 17.2. The number of allylic oxidation sites excluding steroid dienone is 1. The number of anilines is 1. The first-order chi connectivity index (χ1) is 12.2. The van der Waals surface area contributed by atoms with E-state index in [1.54, 1.807) is 0 Å². The molecule has 4 nitrogen and oxygen atoms in total. The van der Waals surface area contributed by atoms with Crippen LogP contribution in [0.15, 0.2) is 23.8 Å². The molecule has 1 aromatic carbocycles. The van der Waals surface area contributed by atoms with Crippen molar-refractivity contribution < 1.29 is 4.79 Å². The average Bonchev–Trinajstić information content (AvgIpc) is 3.32. The minimum absolute atomic E-state index is 0.0200. The van der Waals surface area contributed by atoms with E-state index in [0.29, 0.717) is 17.4 Å². The largest absolute Gasteiger partial charge is 0.371 e. The summed E-state index contributed by atoms with van der Waals surface area (Å²) in [5, 5.41) is 9.67. The molecule has 0 radical (unpaired) electrons. The Morgan fingerprint density at radius 2 is 1.76 bits per heavy atom. The van der Waals surface area contributed by atoms with Crippen LogP contribution in [0, 0.1) is 16.7 Å². The number of likely N-dealkylation sites (tertiary alicyclic amines) is 1. The molecule has 2 saturated heterocycles. The van der Waals surface area contributed by atoms with Crippen molar-refractivity contribution >= 4 is 17.2 Å². The van der Waals surface area contributed by atoms with Crippen LogP contribution in [0.3, 0.4) is 0 Å². The maximum atomic E-state index is 12.5. The van der Waals surface area contributed by atoms with Crippen LogP contribution in [-0.4, -0.2) is 36.9 Å². The Kier molecular flexibility index (Phi) is 3.22. The molecule has 0 N–H and O–H groups in total. The minimum Gasteiger partial charge on any atom is -0.371 e. The van der Waals surface area contributed by atoms with E-state index in [4.69, 9.17) is 0 Å². The van der Waals surface area contributed by atoms with E-state index in [1.165, 1.54) is 37.8 Å². The Morgan fingerprint density at radius 1 is 1.00 bits per heavy atom. The summed E-state index contributed by atoms with van der Waals surface area (Å²) < 4.78 is 0. The SMILES string of the molecule is N#CC1=C(N2CCC3(CC2)CC3)c2cc(N3CCC3)ccc2CC1=O. The van der Waals surface area contributed by atoms with Crippen LogP contribution in [0.5, 0.6) is 0 Å². The fourth-order valence-corrected chi connectivity index (χ4v) is 4.56. The zero-order valence-electron chi connectivity index (χ0n) is 14.6. The molecule has 1 aromatic rings. The van der Waals surface area contributed by atoms with Gasteiger partial charge in [0.15, 0.2) is 5.78 Å². The lowest BCUT2D eigenvalue weighted by Crippen LogP contribution is -2.38.